The van der Waals surface area contributed by atoms with Crippen LogP contribution in [0.5, 0.6) is 5.75 Å². The van der Waals surface area contributed by atoms with Crippen LogP contribution in [0.4, 0.5) is 4.39 Å². The highest BCUT2D eigenvalue weighted by Crippen LogP contribution is 2.18. The molecular weight excluding hydrogens is 205 g/mol. The zero-order valence-corrected chi connectivity index (χ0v) is 8.38. The maximum Gasteiger partial charge on any atom is 0.165 e. The molecule has 0 radical (unpaired) electrons. The average Bonchev–Trinajstić information content (AvgIpc) is 2.19. The van der Waals surface area contributed by atoms with Gasteiger partial charge < -0.3 is 4.74 Å². The van der Waals surface area contributed by atoms with Crippen molar-refractivity contribution in [3.8, 4) is 11.8 Å². The van der Waals surface area contributed by atoms with Crippen LogP contribution in [0.15, 0.2) is 18.2 Å². The lowest BCUT2D eigenvalue weighted by Gasteiger charge is -2.07. The number of halogens is 2. The fourth-order valence-corrected chi connectivity index (χ4v) is 0.984. The molecule has 1 rings (SSSR count). The number of benzene rings is 1. The number of ether oxygens (including phenoxy) is 1. The second-order valence-electron chi connectivity index (χ2n) is 2.84. The Morgan fingerprint density at radius 2 is 2.36 bits per heavy atom. The van der Waals surface area contributed by atoms with Crippen molar-refractivity contribution in [1.29, 1.82) is 5.26 Å². The molecule has 0 aliphatic rings. The third-order valence-electron chi connectivity index (χ3n) is 1.61. The van der Waals surface area contributed by atoms with Gasteiger partial charge in [-0.1, -0.05) is 6.07 Å². The van der Waals surface area contributed by atoms with Crippen molar-refractivity contribution in [2.45, 2.75) is 12.3 Å². The van der Waals surface area contributed by atoms with Gasteiger partial charge in [0, 0.05) is 0 Å². The van der Waals surface area contributed by atoms with E-state index in [1.165, 1.54) is 6.07 Å². The molecular formula is C10H9ClFNO. The Morgan fingerprint density at radius 3 is 3.00 bits per heavy atom. The molecule has 1 unspecified atom stereocenters. The van der Waals surface area contributed by atoms with Crippen molar-refractivity contribution in [2.75, 3.05) is 6.61 Å². The van der Waals surface area contributed by atoms with Gasteiger partial charge >= 0.3 is 0 Å². The first-order valence-electron chi connectivity index (χ1n) is 4.06. The monoisotopic (exact) mass is 213 g/mol. The standard InChI is InChI=1S/C10H9ClFNO/c1-7-2-3-9(12)10(4-7)14-6-8(11)5-13/h2-4,8H,6H2,1H3. The summed E-state index contributed by atoms with van der Waals surface area (Å²) in [4.78, 5) is 0. The molecule has 74 valence electrons. The van der Waals surface area contributed by atoms with E-state index in [0.717, 1.165) is 5.56 Å². The maximum absolute atomic E-state index is 13.1. The molecule has 0 N–H and O–H groups in total. The van der Waals surface area contributed by atoms with E-state index in [0.29, 0.717) is 0 Å². The fraction of sp³-hybridized carbons (Fsp3) is 0.300. The normalized spacial score (nSPS) is 11.9. The zero-order valence-electron chi connectivity index (χ0n) is 7.63. The van der Waals surface area contributed by atoms with Crippen molar-refractivity contribution in [1.82, 2.24) is 0 Å². The van der Waals surface area contributed by atoms with Gasteiger partial charge in [0.25, 0.3) is 0 Å². The Balaban J connectivity index is 2.67. The summed E-state index contributed by atoms with van der Waals surface area (Å²) >= 11 is 5.50. The van der Waals surface area contributed by atoms with E-state index in [4.69, 9.17) is 21.6 Å². The van der Waals surface area contributed by atoms with Crippen LogP contribution in [0.3, 0.4) is 0 Å². The highest BCUT2D eigenvalue weighted by atomic mass is 35.5. The molecule has 0 heterocycles. The third kappa shape index (κ3) is 2.90. The summed E-state index contributed by atoms with van der Waals surface area (Å²) in [6.45, 7) is 1.81. The third-order valence-corrected chi connectivity index (χ3v) is 1.84. The van der Waals surface area contributed by atoms with Crippen LogP contribution in [-0.4, -0.2) is 12.0 Å². The summed E-state index contributed by atoms with van der Waals surface area (Å²) in [6, 6.07) is 6.32. The second-order valence-corrected chi connectivity index (χ2v) is 3.37. The van der Waals surface area contributed by atoms with Crippen LogP contribution in [0, 0.1) is 24.1 Å². The van der Waals surface area contributed by atoms with E-state index in [9.17, 15) is 4.39 Å². The molecule has 0 saturated carbocycles. The minimum atomic E-state index is -0.755. The smallest absolute Gasteiger partial charge is 0.165 e. The van der Waals surface area contributed by atoms with Crippen molar-refractivity contribution >= 4 is 11.6 Å². The summed E-state index contributed by atoms with van der Waals surface area (Å²) in [5.74, 6) is -0.316. The number of alkyl halides is 1. The maximum atomic E-state index is 13.1. The molecule has 1 aromatic carbocycles. The first-order chi connectivity index (χ1) is 6.63. The van der Waals surface area contributed by atoms with Crippen LogP contribution >= 0.6 is 11.6 Å². The number of nitriles is 1. The molecule has 0 saturated heterocycles. The van der Waals surface area contributed by atoms with Gasteiger partial charge in [0.1, 0.15) is 6.61 Å². The second kappa shape index (κ2) is 4.83. The average molecular weight is 214 g/mol. The molecule has 0 bridgehead atoms. The molecule has 0 aliphatic carbocycles. The van der Waals surface area contributed by atoms with Crippen molar-refractivity contribution in [2.24, 2.45) is 0 Å². The van der Waals surface area contributed by atoms with E-state index < -0.39 is 11.2 Å². The highest BCUT2D eigenvalue weighted by Gasteiger charge is 2.07. The van der Waals surface area contributed by atoms with Gasteiger partial charge in [-0.25, -0.2) is 4.39 Å². The zero-order chi connectivity index (χ0) is 10.6. The Bertz CT molecular complexity index is 362. The van der Waals surface area contributed by atoms with Crippen molar-refractivity contribution in [3.05, 3.63) is 29.6 Å². The molecule has 0 aliphatic heterocycles. The predicted octanol–water partition coefficient (Wildman–Crippen LogP) is 2.64. The first-order valence-corrected chi connectivity index (χ1v) is 4.49. The lowest BCUT2D eigenvalue weighted by atomic mass is 10.2. The van der Waals surface area contributed by atoms with Crippen LogP contribution in [-0.2, 0) is 0 Å². The van der Waals surface area contributed by atoms with Gasteiger partial charge in [-0.3, -0.25) is 0 Å². The van der Waals surface area contributed by atoms with Crippen molar-refractivity contribution < 1.29 is 9.13 Å². The van der Waals surface area contributed by atoms with Gasteiger partial charge in [0.15, 0.2) is 16.9 Å². The summed E-state index contributed by atoms with van der Waals surface area (Å²) in [5.41, 5.74) is 0.893. The lowest BCUT2D eigenvalue weighted by Crippen LogP contribution is -2.10. The van der Waals surface area contributed by atoms with Crippen LogP contribution < -0.4 is 4.74 Å². The topological polar surface area (TPSA) is 33.0 Å². The fourth-order valence-electron chi connectivity index (χ4n) is 0.921. The number of rotatable bonds is 3. The largest absolute Gasteiger partial charge is 0.488 e. The molecule has 4 heteroatoms. The Kier molecular flexibility index (Phi) is 3.73. The van der Waals surface area contributed by atoms with Gasteiger partial charge in [0.05, 0.1) is 6.07 Å². The van der Waals surface area contributed by atoms with E-state index in [2.05, 4.69) is 0 Å². The SMILES string of the molecule is Cc1ccc(F)c(OCC(Cl)C#N)c1. The number of hydrogen-bond donors (Lipinski definition) is 0. The van der Waals surface area contributed by atoms with Gasteiger partial charge in [-0.2, -0.15) is 5.26 Å². The molecule has 1 aromatic rings. The van der Waals surface area contributed by atoms with Crippen LogP contribution in [0.2, 0.25) is 0 Å². The minimum Gasteiger partial charge on any atom is -0.488 e. The van der Waals surface area contributed by atoms with Crippen LogP contribution in [0.1, 0.15) is 5.56 Å². The quantitative estimate of drug-likeness (QED) is 0.724. The summed E-state index contributed by atoms with van der Waals surface area (Å²) < 4.78 is 18.1. The molecule has 0 aromatic heterocycles. The number of aryl methyl sites for hydroxylation is 1. The Hall–Kier alpha value is -1.27. The van der Waals surface area contributed by atoms with Crippen LogP contribution in [0.25, 0.3) is 0 Å². The van der Waals surface area contributed by atoms with Gasteiger partial charge in [-0.05, 0) is 24.6 Å². The molecule has 1 atom stereocenters. The van der Waals surface area contributed by atoms with Gasteiger partial charge in [0.2, 0.25) is 0 Å². The van der Waals surface area contributed by atoms with E-state index in [1.54, 1.807) is 18.2 Å². The van der Waals surface area contributed by atoms with Gasteiger partial charge in [-0.15, -0.1) is 11.6 Å². The first kappa shape index (κ1) is 10.8. The number of hydrogen-bond acceptors (Lipinski definition) is 2. The van der Waals surface area contributed by atoms with Crippen molar-refractivity contribution in [3.63, 3.8) is 0 Å². The molecule has 0 amide bonds. The molecule has 0 fully saturated rings. The lowest BCUT2D eigenvalue weighted by molar-refractivity contribution is 0.311. The molecule has 2 nitrogen and oxygen atoms in total. The predicted molar refractivity (Wildman–Crippen MR) is 51.9 cm³/mol. The molecule has 0 spiro atoms. The number of nitrogens with zero attached hydrogens (tertiary/aromatic N) is 1. The van der Waals surface area contributed by atoms with E-state index in [-0.39, 0.29) is 12.4 Å². The summed E-state index contributed by atoms with van der Waals surface area (Å²) in [7, 11) is 0. The molecule has 14 heavy (non-hydrogen) atoms. The highest BCUT2D eigenvalue weighted by molar-refractivity contribution is 6.22. The summed E-state index contributed by atoms with van der Waals surface area (Å²) in [5, 5.41) is 7.63. The summed E-state index contributed by atoms with van der Waals surface area (Å²) in [6.07, 6.45) is 0. The Morgan fingerprint density at radius 1 is 1.64 bits per heavy atom. The Labute approximate surface area is 86.9 Å². The van der Waals surface area contributed by atoms with E-state index in [1.807, 2.05) is 6.92 Å². The minimum absolute atomic E-state index is 0.0154. The van der Waals surface area contributed by atoms with E-state index >= 15 is 0 Å².